The number of nitrogens with one attached hydrogen (secondary N) is 1. The first-order valence-electron chi connectivity index (χ1n) is 5.54. The molecule has 0 amide bonds. The van der Waals surface area contributed by atoms with Crippen LogP contribution in [0.4, 0.5) is 0 Å². The van der Waals surface area contributed by atoms with Crippen LogP contribution in [0.25, 0.3) is 0 Å². The molecule has 0 fully saturated rings. The number of nitrogens with zero attached hydrogens (tertiary/aromatic N) is 2. The molecule has 8 heteroatoms. The lowest BCUT2D eigenvalue weighted by Gasteiger charge is -2.06. The van der Waals surface area contributed by atoms with Crippen LogP contribution in [0.5, 0.6) is 0 Å². The van der Waals surface area contributed by atoms with Crippen molar-refractivity contribution in [2.75, 3.05) is 0 Å². The maximum absolute atomic E-state index is 12.2. The Kier molecular flexibility index (Phi) is 4.14. The first-order chi connectivity index (χ1) is 8.83. The minimum absolute atomic E-state index is 0.248. The lowest BCUT2D eigenvalue weighted by molar-refractivity contribution is 0.582. The van der Waals surface area contributed by atoms with Crippen molar-refractivity contribution in [3.05, 3.63) is 32.9 Å². The average molecular weight is 364 g/mol. The van der Waals surface area contributed by atoms with Crippen molar-refractivity contribution in [2.24, 2.45) is 7.05 Å². The van der Waals surface area contributed by atoms with Gasteiger partial charge in [0.25, 0.3) is 10.0 Å². The van der Waals surface area contributed by atoms with E-state index in [0.29, 0.717) is 8.68 Å². The van der Waals surface area contributed by atoms with E-state index in [1.54, 1.807) is 16.1 Å². The molecule has 0 saturated carbocycles. The van der Waals surface area contributed by atoms with Gasteiger partial charge in [0.2, 0.25) is 0 Å². The van der Waals surface area contributed by atoms with Crippen LogP contribution in [-0.2, 0) is 23.6 Å². The van der Waals surface area contributed by atoms with E-state index in [2.05, 4.69) is 25.8 Å². The highest BCUT2D eigenvalue weighted by atomic mass is 79.9. The molecule has 0 radical (unpaired) electrons. The summed E-state index contributed by atoms with van der Waals surface area (Å²) in [7, 11) is -1.64. The summed E-state index contributed by atoms with van der Waals surface area (Å²) in [6, 6.07) is 1.72. The molecule has 2 aromatic rings. The van der Waals surface area contributed by atoms with E-state index in [0.717, 1.165) is 17.0 Å². The van der Waals surface area contributed by atoms with Gasteiger partial charge in [-0.25, -0.2) is 13.1 Å². The number of rotatable bonds is 4. The highest BCUT2D eigenvalue weighted by Crippen LogP contribution is 2.27. The lowest BCUT2D eigenvalue weighted by atomic mass is 10.2. The minimum atomic E-state index is -3.49. The molecule has 0 aromatic carbocycles. The van der Waals surface area contributed by atoms with E-state index < -0.39 is 10.0 Å². The van der Waals surface area contributed by atoms with Gasteiger partial charge in [-0.3, -0.25) is 4.68 Å². The van der Waals surface area contributed by atoms with E-state index in [1.807, 2.05) is 20.9 Å². The van der Waals surface area contributed by atoms with Crippen LogP contribution in [0.2, 0.25) is 0 Å². The zero-order valence-electron chi connectivity index (χ0n) is 10.8. The molecule has 0 unspecified atom stereocenters. The zero-order valence-corrected chi connectivity index (χ0v) is 14.0. The first kappa shape index (κ1) is 14.7. The molecule has 0 saturated heterocycles. The third-order valence-corrected chi connectivity index (χ3v) is 7.00. The largest absolute Gasteiger partial charge is 0.272 e. The van der Waals surface area contributed by atoms with Gasteiger partial charge in [0, 0.05) is 29.3 Å². The third-order valence-electron chi connectivity index (χ3n) is 2.93. The van der Waals surface area contributed by atoms with Crippen molar-refractivity contribution < 1.29 is 8.42 Å². The number of thiophene rings is 1. The smallest absolute Gasteiger partial charge is 0.251 e. The molecular weight excluding hydrogens is 350 g/mol. The van der Waals surface area contributed by atoms with Crippen LogP contribution < -0.4 is 4.72 Å². The molecule has 2 heterocycles. The van der Waals surface area contributed by atoms with Gasteiger partial charge in [0.15, 0.2) is 0 Å². The number of aromatic nitrogens is 2. The SMILES string of the molecule is Cc1nn(C)c(C)c1CNS(=O)(=O)c1sccc1Br. The number of hydrogen-bond acceptors (Lipinski definition) is 4. The maximum Gasteiger partial charge on any atom is 0.251 e. The summed E-state index contributed by atoms with van der Waals surface area (Å²) in [5.41, 5.74) is 2.72. The fraction of sp³-hybridized carbons (Fsp3) is 0.364. The summed E-state index contributed by atoms with van der Waals surface area (Å²) in [5, 5.41) is 6.00. The van der Waals surface area contributed by atoms with Gasteiger partial charge in [-0.15, -0.1) is 11.3 Å². The summed E-state index contributed by atoms with van der Waals surface area (Å²) in [4.78, 5) is 0. The first-order valence-corrected chi connectivity index (χ1v) is 8.70. The molecule has 5 nitrogen and oxygen atoms in total. The van der Waals surface area contributed by atoms with E-state index in [9.17, 15) is 8.42 Å². The lowest BCUT2D eigenvalue weighted by Crippen LogP contribution is -2.23. The van der Waals surface area contributed by atoms with Gasteiger partial charge >= 0.3 is 0 Å². The molecule has 2 aromatic heterocycles. The van der Waals surface area contributed by atoms with E-state index in [4.69, 9.17) is 0 Å². The van der Waals surface area contributed by atoms with Gasteiger partial charge in [-0.1, -0.05) is 0 Å². The highest BCUT2D eigenvalue weighted by molar-refractivity contribution is 9.10. The zero-order chi connectivity index (χ0) is 14.2. The molecule has 0 aliphatic rings. The van der Waals surface area contributed by atoms with Crippen LogP contribution in [0, 0.1) is 13.8 Å². The van der Waals surface area contributed by atoms with Crippen LogP contribution in [0.3, 0.4) is 0 Å². The molecule has 19 heavy (non-hydrogen) atoms. The van der Waals surface area contributed by atoms with Crippen LogP contribution >= 0.6 is 27.3 Å². The molecule has 0 spiro atoms. The van der Waals surface area contributed by atoms with E-state index in [1.165, 1.54) is 11.3 Å². The topological polar surface area (TPSA) is 64.0 Å². The molecule has 0 atom stereocenters. The Morgan fingerprint density at radius 2 is 2.16 bits per heavy atom. The van der Waals surface area contributed by atoms with Crippen molar-refractivity contribution in [3.63, 3.8) is 0 Å². The van der Waals surface area contributed by atoms with Crippen molar-refractivity contribution in [1.82, 2.24) is 14.5 Å². The number of aryl methyl sites for hydroxylation is 2. The molecular formula is C11H14BrN3O2S2. The van der Waals surface area contributed by atoms with Crippen molar-refractivity contribution in [1.29, 1.82) is 0 Å². The number of sulfonamides is 1. The fourth-order valence-electron chi connectivity index (χ4n) is 1.78. The summed E-state index contributed by atoms with van der Waals surface area (Å²) >= 11 is 4.42. The second-order valence-electron chi connectivity index (χ2n) is 4.15. The average Bonchev–Trinajstić information content (AvgIpc) is 2.84. The molecule has 0 aliphatic heterocycles. The van der Waals surface area contributed by atoms with Gasteiger partial charge < -0.3 is 0 Å². The van der Waals surface area contributed by atoms with Gasteiger partial charge in [-0.2, -0.15) is 5.10 Å². The maximum atomic E-state index is 12.2. The predicted octanol–water partition coefficient (Wildman–Crippen LogP) is 2.34. The Bertz CT molecular complexity index is 704. The second kappa shape index (κ2) is 5.35. The molecule has 0 aliphatic carbocycles. The van der Waals surface area contributed by atoms with Crippen molar-refractivity contribution in [2.45, 2.75) is 24.6 Å². The molecule has 0 bridgehead atoms. The summed E-state index contributed by atoms with van der Waals surface area (Å²) in [6.07, 6.45) is 0. The molecule has 2 rings (SSSR count). The van der Waals surface area contributed by atoms with Crippen molar-refractivity contribution >= 4 is 37.3 Å². The van der Waals surface area contributed by atoms with E-state index in [-0.39, 0.29) is 6.54 Å². The van der Waals surface area contributed by atoms with Gasteiger partial charge in [-0.05, 0) is 41.2 Å². The third kappa shape index (κ3) is 2.91. The quantitative estimate of drug-likeness (QED) is 0.906. The number of halogens is 1. The van der Waals surface area contributed by atoms with Gasteiger partial charge in [0.05, 0.1) is 5.69 Å². The Morgan fingerprint density at radius 3 is 2.63 bits per heavy atom. The summed E-state index contributed by atoms with van der Waals surface area (Å²) in [6.45, 7) is 4.04. The molecule has 104 valence electrons. The summed E-state index contributed by atoms with van der Waals surface area (Å²) in [5.74, 6) is 0. The highest BCUT2D eigenvalue weighted by Gasteiger charge is 2.20. The molecule has 1 N–H and O–H groups in total. The van der Waals surface area contributed by atoms with Crippen molar-refractivity contribution in [3.8, 4) is 0 Å². The Balaban J connectivity index is 2.21. The van der Waals surface area contributed by atoms with Gasteiger partial charge in [0.1, 0.15) is 4.21 Å². The van der Waals surface area contributed by atoms with E-state index >= 15 is 0 Å². The monoisotopic (exact) mass is 363 g/mol. The Morgan fingerprint density at radius 1 is 1.47 bits per heavy atom. The van der Waals surface area contributed by atoms with Crippen LogP contribution in [0.15, 0.2) is 20.1 Å². The Hall–Kier alpha value is -0.700. The normalized spacial score (nSPS) is 12.0. The van der Waals surface area contributed by atoms with Crippen LogP contribution in [-0.4, -0.2) is 18.2 Å². The van der Waals surface area contributed by atoms with Crippen LogP contribution in [0.1, 0.15) is 17.0 Å². The minimum Gasteiger partial charge on any atom is -0.272 e. The second-order valence-corrected chi connectivity index (χ2v) is 7.89. The Labute approximate surface area is 124 Å². The summed E-state index contributed by atoms with van der Waals surface area (Å²) < 4.78 is 29.6. The fourth-order valence-corrected chi connectivity index (χ4v) is 5.15. The standard InChI is InChI=1S/C11H14BrN3O2S2/c1-7-9(8(2)15(3)14-7)6-13-19(16,17)11-10(12)4-5-18-11/h4-5,13H,6H2,1-3H3. The number of hydrogen-bond donors (Lipinski definition) is 1. The predicted molar refractivity (Wildman–Crippen MR) is 78.7 cm³/mol.